The molecule has 1 unspecified atom stereocenters. The van der Waals surface area contributed by atoms with Crippen LogP contribution in [0.2, 0.25) is 5.02 Å². The van der Waals surface area contributed by atoms with Gasteiger partial charge in [-0.05, 0) is 30.5 Å². The lowest BCUT2D eigenvalue weighted by Crippen LogP contribution is -2.39. The monoisotopic (exact) mass is 251 g/mol. The second-order valence-electron chi connectivity index (χ2n) is 4.77. The zero-order valence-electron chi connectivity index (χ0n) is 9.66. The molecule has 1 aromatic carbocycles. The van der Waals surface area contributed by atoms with Crippen LogP contribution in [0.25, 0.3) is 0 Å². The molecule has 0 heterocycles. The third-order valence-corrected chi connectivity index (χ3v) is 3.79. The van der Waals surface area contributed by atoms with Crippen molar-refractivity contribution in [2.24, 2.45) is 0 Å². The van der Waals surface area contributed by atoms with Crippen LogP contribution in [-0.4, -0.2) is 17.0 Å². The maximum atomic E-state index is 11.2. The van der Waals surface area contributed by atoms with E-state index in [1.807, 2.05) is 12.4 Å². The Morgan fingerprint density at radius 3 is 2.59 bits per heavy atom. The van der Waals surface area contributed by atoms with Crippen LogP contribution in [0.5, 0.6) is 0 Å². The molecule has 1 radical (unpaired) electrons. The van der Waals surface area contributed by atoms with E-state index in [-0.39, 0.29) is 0 Å². The van der Waals surface area contributed by atoms with Gasteiger partial charge in [-0.3, -0.25) is 4.79 Å². The van der Waals surface area contributed by atoms with Crippen molar-refractivity contribution < 1.29 is 9.90 Å². The van der Waals surface area contributed by atoms with Crippen LogP contribution in [0.3, 0.4) is 0 Å². The van der Waals surface area contributed by atoms with Crippen LogP contribution in [0.4, 0.5) is 0 Å². The summed E-state index contributed by atoms with van der Waals surface area (Å²) in [5, 5.41) is 11.2. The molecule has 1 saturated carbocycles. The zero-order chi connectivity index (χ0) is 12.3. The van der Waals surface area contributed by atoms with Crippen LogP contribution in [0.15, 0.2) is 24.3 Å². The molecule has 1 atom stereocenters. The molecule has 0 bridgehead atoms. The molecule has 1 N–H and O–H groups in total. The molecule has 1 fully saturated rings. The minimum absolute atomic E-state index is 0.582. The van der Waals surface area contributed by atoms with Gasteiger partial charge in [0.1, 0.15) is 0 Å². The average Bonchev–Trinajstić information content (AvgIpc) is 2.30. The summed E-state index contributed by atoms with van der Waals surface area (Å²) in [5.74, 6) is -0.582. The average molecular weight is 252 g/mol. The van der Waals surface area contributed by atoms with E-state index in [1.54, 1.807) is 18.2 Å². The SMILES string of the molecule is O=[C]C(c1cccc(Cl)c1)C1(O)CCCCC1. The van der Waals surface area contributed by atoms with E-state index in [4.69, 9.17) is 11.6 Å². The minimum Gasteiger partial charge on any atom is -0.389 e. The number of benzene rings is 1. The van der Waals surface area contributed by atoms with E-state index in [9.17, 15) is 9.90 Å². The highest BCUT2D eigenvalue weighted by atomic mass is 35.5. The smallest absolute Gasteiger partial charge is 0.209 e. The Kier molecular flexibility index (Phi) is 3.85. The van der Waals surface area contributed by atoms with Gasteiger partial charge in [-0.25, -0.2) is 0 Å². The molecule has 2 nitrogen and oxygen atoms in total. The first kappa shape index (κ1) is 12.6. The lowest BCUT2D eigenvalue weighted by molar-refractivity contribution is -0.00448. The zero-order valence-corrected chi connectivity index (χ0v) is 10.4. The summed E-state index contributed by atoms with van der Waals surface area (Å²) < 4.78 is 0. The maximum absolute atomic E-state index is 11.2. The molecule has 0 aliphatic heterocycles. The van der Waals surface area contributed by atoms with Crippen molar-refractivity contribution in [1.29, 1.82) is 0 Å². The van der Waals surface area contributed by atoms with Gasteiger partial charge >= 0.3 is 0 Å². The molecule has 0 aromatic heterocycles. The van der Waals surface area contributed by atoms with E-state index in [2.05, 4.69) is 0 Å². The van der Waals surface area contributed by atoms with Crippen molar-refractivity contribution in [3.63, 3.8) is 0 Å². The van der Waals surface area contributed by atoms with Gasteiger partial charge in [0, 0.05) is 5.02 Å². The first-order chi connectivity index (χ1) is 8.15. The number of halogens is 1. The lowest BCUT2D eigenvalue weighted by atomic mass is 9.73. The molecule has 1 aliphatic carbocycles. The maximum Gasteiger partial charge on any atom is 0.209 e. The quantitative estimate of drug-likeness (QED) is 0.896. The van der Waals surface area contributed by atoms with Gasteiger partial charge in [-0.1, -0.05) is 43.0 Å². The Morgan fingerprint density at radius 1 is 1.29 bits per heavy atom. The normalized spacial score (nSPS) is 20.8. The van der Waals surface area contributed by atoms with Gasteiger partial charge in [0.05, 0.1) is 11.5 Å². The van der Waals surface area contributed by atoms with Gasteiger partial charge in [0.2, 0.25) is 6.29 Å². The van der Waals surface area contributed by atoms with Gasteiger partial charge < -0.3 is 5.11 Å². The number of hydrogen-bond donors (Lipinski definition) is 1. The van der Waals surface area contributed by atoms with Crippen LogP contribution in [-0.2, 0) is 4.79 Å². The van der Waals surface area contributed by atoms with Crippen molar-refractivity contribution in [2.75, 3.05) is 0 Å². The summed E-state index contributed by atoms with van der Waals surface area (Å²) in [6.45, 7) is 0. The molecule has 17 heavy (non-hydrogen) atoms. The Labute approximate surface area is 107 Å². The first-order valence-electron chi connectivity index (χ1n) is 6.01. The van der Waals surface area contributed by atoms with Gasteiger partial charge in [0.25, 0.3) is 0 Å². The molecule has 1 aliphatic rings. The highest BCUT2D eigenvalue weighted by Gasteiger charge is 2.39. The summed E-state index contributed by atoms with van der Waals surface area (Å²) in [7, 11) is 0. The third-order valence-electron chi connectivity index (χ3n) is 3.56. The van der Waals surface area contributed by atoms with E-state index in [0.29, 0.717) is 17.9 Å². The number of carbonyl (C=O) groups excluding carboxylic acids is 1. The van der Waals surface area contributed by atoms with Crippen LogP contribution < -0.4 is 0 Å². The molecular weight excluding hydrogens is 236 g/mol. The van der Waals surface area contributed by atoms with Gasteiger partial charge in [-0.15, -0.1) is 0 Å². The van der Waals surface area contributed by atoms with Crippen molar-refractivity contribution in [1.82, 2.24) is 0 Å². The lowest BCUT2D eigenvalue weighted by Gasteiger charge is -2.36. The molecule has 0 saturated heterocycles. The molecule has 3 heteroatoms. The van der Waals surface area contributed by atoms with E-state index >= 15 is 0 Å². The van der Waals surface area contributed by atoms with E-state index in [1.165, 1.54) is 0 Å². The summed E-state index contributed by atoms with van der Waals surface area (Å²) >= 11 is 5.92. The largest absolute Gasteiger partial charge is 0.389 e. The fourth-order valence-electron chi connectivity index (χ4n) is 2.63. The second-order valence-corrected chi connectivity index (χ2v) is 5.21. The summed E-state index contributed by atoms with van der Waals surface area (Å²) in [6, 6.07) is 7.13. The highest BCUT2D eigenvalue weighted by molar-refractivity contribution is 6.30. The predicted octanol–water partition coefficient (Wildman–Crippen LogP) is 3.23. The summed E-state index contributed by atoms with van der Waals surface area (Å²) in [5.41, 5.74) is -0.179. The topological polar surface area (TPSA) is 37.3 Å². The van der Waals surface area contributed by atoms with Crippen molar-refractivity contribution in [2.45, 2.75) is 43.6 Å². The Morgan fingerprint density at radius 2 is 2.00 bits per heavy atom. The highest BCUT2D eigenvalue weighted by Crippen LogP contribution is 2.39. The molecule has 2 rings (SSSR count). The van der Waals surface area contributed by atoms with Gasteiger partial charge in [-0.2, -0.15) is 0 Å². The van der Waals surface area contributed by atoms with Crippen molar-refractivity contribution in [3.05, 3.63) is 34.9 Å². The fourth-order valence-corrected chi connectivity index (χ4v) is 2.83. The first-order valence-corrected chi connectivity index (χ1v) is 6.39. The molecule has 1 aromatic rings. The van der Waals surface area contributed by atoms with Crippen molar-refractivity contribution in [3.8, 4) is 0 Å². The van der Waals surface area contributed by atoms with Crippen LogP contribution in [0.1, 0.15) is 43.6 Å². The minimum atomic E-state index is -0.940. The van der Waals surface area contributed by atoms with Crippen LogP contribution in [0, 0.1) is 0 Å². The fraction of sp³-hybridized carbons (Fsp3) is 0.500. The van der Waals surface area contributed by atoms with Gasteiger partial charge in [0.15, 0.2) is 0 Å². The second kappa shape index (κ2) is 5.19. The third kappa shape index (κ3) is 2.70. The van der Waals surface area contributed by atoms with Crippen LogP contribution >= 0.6 is 11.6 Å². The summed E-state index contributed by atoms with van der Waals surface area (Å²) in [6.07, 6.45) is 6.39. The van der Waals surface area contributed by atoms with E-state index in [0.717, 1.165) is 24.8 Å². The van der Waals surface area contributed by atoms with Crippen molar-refractivity contribution >= 4 is 17.9 Å². The molecule has 0 spiro atoms. The number of aliphatic hydroxyl groups is 1. The standard InChI is InChI=1S/C14H16ClO2/c15-12-6-4-5-11(9-12)13(10-16)14(17)7-2-1-3-8-14/h4-6,9,13,17H,1-3,7-8H2. The molecule has 0 amide bonds. The molecular formula is C14H16ClO2. The Bertz CT molecular complexity index is 397. The Hall–Kier alpha value is -0.860. The molecule has 91 valence electrons. The number of rotatable bonds is 3. The Balaban J connectivity index is 2.29. The predicted molar refractivity (Wildman–Crippen MR) is 67.9 cm³/mol. The summed E-state index contributed by atoms with van der Waals surface area (Å²) in [4.78, 5) is 11.2. The number of hydrogen-bond acceptors (Lipinski definition) is 2. The van der Waals surface area contributed by atoms with E-state index < -0.39 is 11.5 Å².